The molecule has 2 aromatic heterocycles. The number of hydrogen-bond donors (Lipinski definition) is 3. The molecule has 0 atom stereocenters. The lowest BCUT2D eigenvalue weighted by Crippen LogP contribution is -2.21. The number of anilines is 2. The third-order valence-corrected chi connectivity index (χ3v) is 6.81. The number of aliphatic carboxylic acids is 1. The van der Waals surface area contributed by atoms with Crippen molar-refractivity contribution in [3.05, 3.63) is 47.4 Å². The smallest absolute Gasteiger partial charge is 0.490 e. The minimum Gasteiger partial charge on any atom is -0.497 e. The fourth-order valence-electron chi connectivity index (χ4n) is 2.48. The molecular formula is C20H18ClF3N4O6S2. The molecule has 0 radical (unpaired) electrons. The number of sulfonamides is 1. The van der Waals surface area contributed by atoms with E-state index in [0.29, 0.717) is 22.1 Å². The van der Waals surface area contributed by atoms with Gasteiger partial charge in [-0.25, -0.2) is 23.2 Å². The van der Waals surface area contributed by atoms with Crippen LogP contribution in [0.4, 0.5) is 24.0 Å². The Kier molecular flexibility index (Phi) is 9.23. The van der Waals surface area contributed by atoms with Crippen molar-refractivity contribution in [2.45, 2.75) is 24.9 Å². The number of ether oxygens (including phenoxy) is 1. The van der Waals surface area contributed by atoms with E-state index in [1.54, 1.807) is 25.1 Å². The third kappa shape index (κ3) is 7.79. The molecule has 2 heterocycles. The molecule has 10 nitrogen and oxygen atoms in total. The van der Waals surface area contributed by atoms with Crippen LogP contribution in [-0.2, 0) is 19.6 Å². The van der Waals surface area contributed by atoms with E-state index in [1.807, 2.05) is 0 Å². The summed E-state index contributed by atoms with van der Waals surface area (Å²) in [6.07, 6.45) is -3.57. The summed E-state index contributed by atoms with van der Waals surface area (Å²) < 4.78 is 64.8. The van der Waals surface area contributed by atoms with E-state index >= 15 is 0 Å². The molecule has 0 aliphatic carbocycles. The van der Waals surface area contributed by atoms with Crippen LogP contribution in [0.25, 0.3) is 10.4 Å². The summed E-state index contributed by atoms with van der Waals surface area (Å²) in [5, 5.41) is 10.2. The Hall–Kier alpha value is -3.43. The van der Waals surface area contributed by atoms with Crippen molar-refractivity contribution in [3.8, 4) is 16.2 Å². The fraction of sp³-hybridized carbons (Fsp3) is 0.200. The number of thiazole rings is 1. The summed E-state index contributed by atoms with van der Waals surface area (Å²) >= 11 is 7.37. The lowest BCUT2D eigenvalue weighted by Gasteiger charge is -2.11. The molecule has 0 saturated carbocycles. The van der Waals surface area contributed by atoms with E-state index in [1.165, 1.54) is 43.7 Å². The fourth-order valence-corrected chi connectivity index (χ4v) is 4.78. The van der Waals surface area contributed by atoms with Crippen molar-refractivity contribution < 1.29 is 41.0 Å². The number of nitrogens with one attached hydrogen (secondary N) is 2. The van der Waals surface area contributed by atoms with Gasteiger partial charge in [-0.2, -0.15) is 13.2 Å². The number of carbonyl (C=O) groups excluding carboxylic acids is 1. The largest absolute Gasteiger partial charge is 0.497 e. The summed E-state index contributed by atoms with van der Waals surface area (Å²) in [7, 11) is -2.46. The number of amides is 1. The topological polar surface area (TPSA) is 148 Å². The van der Waals surface area contributed by atoms with Gasteiger partial charge >= 0.3 is 12.1 Å². The molecule has 3 rings (SSSR count). The number of halogens is 4. The number of methoxy groups -OCH3 is 1. The Labute approximate surface area is 212 Å². The molecule has 3 aromatic rings. The van der Waals surface area contributed by atoms with Gasteiger partial charge in [-0.1, -0.05) is 29.0 Å². The molecule has 194 valence electrons. The lowest BCUT2D eigenvalue weighted by atomic mass is 10.2. The first-order valence-corrected chi connectivity index (χ1v) is 12.2. The van der Waals surface area contributed by atoms with Gasteiger partial charge in [0.2, 0.25) is 5.91 Å². The molecule has 0 unspecified atom stereocenters. The molecule has 1 aromatic carbocycles. The van der Waals surface area contributed by atoms with Gasteiger partial charge < -0.3 is 15.2 Å². The number of pyridine rings is 1. The molecule has 0 aliphatic heterocycles. The van der Waals surface area contributed by atoms with Crippen molar-refractivity contribution in [3.63, 3.8) is 0 Å². The molecular weight excluding hydrogens is 549 g/mol. The van der Waals surface area contributed by atoms with Crippen LogP contribution in [-0.4, -0.2) is 48.7 Å². The lowest BCUT2D eigenvalue weighted by molar-refractivity contribution is -0.192. The predicted molar refractivity (Wildman–Crippen MR) is 127 cm³/mol. The Morgan fingerprint density at radius 1 is 1.22 bits per heavy atom. The molecule has 16 heteroatoms. The highest BCUT2D eigenvalue weighted by Crippen LogP contribution is 2.35. The number of nitrogens with zero attached hydrogens (tertiary/aromatic N) is 2. The van der Waals surface area contributed by atoms with E-state index in [4.69, 9.17) is 26.2 Å². The van der Waals surface area contributed by atoms with Crippen LogP contribution < -0.4 is 14.8 Å². The van der Waals surface area contributed by atoms with Crippen molar-refractivity contribution in [1.82, 2.24) is 9.97 Å². The van der Waals surface area contributed by atoms with Gasteiger partial charge in [0.15, 0.2) is 10.3 Å². The number of alkyl halides is 3. The summed E-state index contributed by atoms with van der Waals surface area (Å²) in [5.74, 6) is -2.57. The van der Waals surface area contributed by atoms with Gasteiger partial charge in [0.05, 0.1) is 28.3 Å². The Morgan fingerprint density at radius 2 is 1.86 bits per heavy atom. The second kappa shape index (κ2) is 11.5. The molecule has 3 N–H and O–H groups in total. The maximum Gasteiger partial charge on any atom is 0.490 e. The zero-order valence-corrected chi connectivity index (χ0v) is 21.1. The van der Waals surface area contributed by atoms with E-state index in [9.17, 15) is 26.4 Å². The van der Waals surface area contributed by atoms with Gasteiger partial charge in [0, 0.05) is 24.8 Å². The maximum absolute atomic E-state index is 12.8. The monoisotopic (exact) mass is 566 g/mol. The van der Waals surface area contributed by atoms with E-state index in [0.717, 1.165) is 4.88 Å². The molecule has 36 heavy (non-hydrogen) atoms. The van der Waals surface area contributed by atoms with Crippen molar-refractivity contribution in [2.75, 3.05) is 17.1 Å². The Balaban J connectivity index is 0.000000572. The molecule has 1 amide bonds. The minimum absolute atomic E-state index is 0.00414. The number of hydrogen-bond acceptors (Lipinski definition) is 8. The van der Waals surface area contributed by atoms with Crippen LogP contribution in [0.3, 0.4) is 0 Å². The SMILES string of the molecule is COc1cccc(S(=O)(=O)Nc2cc(-c3sc(NC(C)=O)nc3C)cnc2Cl)c1.O=C(O)C(F)(F)F. The molecule has 0 saturated heterocycles. The second-order valence-electron chi connectivity index (χ2n) is 6.76. The molecule has 0 bridgehead atoms. The summed E-state index contributed by atoms with van der Waals surface area (Å²) in [5.41, 5.74) is 1.41. The summed E-state index contributed by atoms with van der Waals surface area (Å²) in [4.78, 5) is 29.3. The van der Waals surface area contributed by atoms with Gasteiger partial charge in [-0.15, -0.1) is 0 Å². The van der Waals surface area contributed by atoms with Crippen LogP contribution in [0, 0.1) is 6.92 Å². The standard InChI is InChI=1S/C18H17ClN4O4S2.C2HF3O2/c1-10-16(28-18(21-10)22-11(2)24)12-7-15(17(19)20-9-12)23-29(25,26)14-6-4-5-13(8-14)27-3;3-2(4,5)1(6)7/h4-9,23H,1-3H3,(H,21,22,24);(H,6,7). The maximum atomic E-state index is 12.8. The van der Waals surface area contributed by atoms with Crippen LogP contribution in [0.2, 0.25) is 5.15 Å². The van der Waals surface area contributed by atoms with Gasteiger partial charge in [0.25, 0.3) is 10.0 Å². The summed E-state index contributed by atoms with van der Waals surface area (Å²) in [6, 6.07) is 7.65. The summed E-state index contributed by atoms with van der Waals surface area (Å²) in [6.45, 7) is 3.18. The average Bonchev–Trinajstić information content (AvgIpc) is 3.14. The molecule has 0 spiro atoms. The zero-order valence-electron chi connectivity index (χ0n) is 18.7. The van der Waals surface area contributed by atoms with E-state index < -0.39 is 22.2 Å². The average molecular weight is 567 g/mol. The van der Waals surface area contributed by atoms with Crippen molar-refractivity contribution >= 4 is 55.7 Å². The first-order chi connectivity index (χ1) is 16.6. The van der Waals surface area contributed by atoms with Crippen molar-refractivity contribution in [2.24, 2.45) is 0 Å². The first-order valence-electron chi connectivity index (χ1n) is 9.52. The number of aromatic nitrogens is 2. The second-order valence-corrected chi connectivity index (χ2v) is 9.80. The number of carboxylic acids is 1. The normalized spacial score (nSPS) is 11.2. The number of benzene rings is 1. The van der Waals surface area contributed by atoms with Crippen LogP contribution in [0.5, 0.6) is 5.75 Å². The predicted octanol–water partition coefficient (Wildman–Crippen LogP) is 4.57. The van der Waals surface area contributed by atoms with Crippen molar-refractivity contribution in [1.29, 1.82) is 0 Å². The number of aryl methyl sites for hydroxylation is 1. The molecule has 0 aliphatic rings. The van der Waals surface area contributed by atoms with Crippen LogP contribution >= 0.6 is 22.9 Å². The van der Waals surface area contributed by atoms with E-state index in [2.05, 4.69) is 20.0 Å². The highest BCUT2D eigenvalue weighted by Gasteiger charge is 2.38. The number of carboxylic acid groups (broad SMARTS) is 1. The zero-order chi connectivity index (χ0) is 27.3. The Bertz CT molecular complexity index is 1380. The van der Waals surface area contributed by atoms with Gasteiger partial charge in [-0.3, -0.25) is 9.52 Å². The van der Waals surface area contributed by atoms with Crippen LogP contribution in [0.15, 0.2) is 41.4 Å². The Morgan fingerprint density at radius 3 is 2.42 bits per heavy atom. The van der Waals surface area contributed by atoms with Gasteiger partial charge in [0.1, 0.15) is 5.75 Å². The van der Waals surface area contributed by atoms with Crippen LogP contribution in [0.1, 0.15) is 12.6 Å². The van der Waals surface area contributed by atoms with Gasteiger partial charge in [-0.05, 0) is 25.1 Å². The quantitative estimate of drug-likeness (QED) is 0.368. The minimum atomic E-state index is -5.08. The highest BCUT2D eigenvalue weighted by molar-refractivity contribution is 7.92. The number of rotatable bonds is 6. The highest BCUT2D eigenvalue weighted by atomic mass is 35.5. The number of carbonyl (C=O) groups is 2. The molecule has 0 fully saturated rings. The van der Waals surface area contributed by atoms with E-state index in [-0.39, 0.29) is 21.6 Å². The third-order valence-electron chi connectivity index (χ3n) is 4.02. The first kappa shape index (κ1) is 28.8.